The Morgan fingerprint density at radius 3 is 2.72 bits per heavy atom. The summed E-state index contributed by atoms with van der Waals surface area (Å²) in [5.74, 6) is -1.54. The van der Waals surface area contributed by atoms with Crippen molar-refractivity contribution in [3.8, 4) is 0 Å². The van der Waals surface area contributed by atoms with Crippen LogP contribution in [0.25, 0.3) is 0 Å². The molecule has 0 N–H and O–H groups in total. The quantitative estimate of drug-likeness (QED) is 0.358. The Kier molecular flexibility index (Phi) is 5.03. The van der Waals surface area contributed by atoms with Gasteiger partial charge in [0, 0.05) is 5.56 Å². The molecule has 0 saturated carbocycles. The maximum atomic E-state index is 13.2. The second-order valence-electron chi connectivity index (χ2n) is 3.44. The molecule has 5 nitrogen and oxygen atoms in total. The molecule has 1 aromatic rings. The van der Waals surface area contributed by atoms with Gasteiger partial charge >= 0.3 is 5.97 Å². The number of hydrogen-bond acceptors (Lipinski definition) is 4. The van der Waals surface area contributed by atoms with Gasteiger partial charge in [0.1, 0.15) is 5.82 Å². The summed E-state index contributed by atoms with van der Waals surface area (Å²) >= 11 is 5.62. The second kappa shape index (κ2) is 6.30. The molecule has 0 aliphatic carbocycles. The lowest BCUT2D eigenvalue weighted by Crippen LogP contribution is -2.10. The number of halogens is 2. The Balaban J connectivity index is 3.17. The molecule has 1 rings (SSSR count). The smallest absolute Gasteiger partial charge is 0.310 e. The standard InChI is InChI=1S/C11H11ClFNO4/c1-2-18-11(15)4-7-3-8(13)5-10(14(16)17)9(7)6-12/h3,5H,2,4,6H2,1H3. The summed E-state index contributed by atoms with van der Waals surface area (Å²) < 4.78 is 18.0. The number of rotatable bonds is 5. The third kappa shape index (κ3) is 3.40. The molecule has 18 heavy (non-hydrogen) atoms. The second-order valence-corrected chi connectivity index (χ2v) is 3.70. The fourth-order valence-corrected chi connectivity index (χ4v) is 1.83. The van der Waals surface area contributed by atoms with E-state index in [9.17, 15) is 19.3 Å². The van der Waals surface area contributed by atoms with E-state index < -0.39 is 22.4 Å². The Morgan fingerprint density at radius 1 is 1.56 bits per heavy atom. The van der Waals surface area contributed by atoms with Crippen LogP contribution in [-0.2, 0) is 21.8 Å². The van der Waals surface area contributed by atoms with Gasteiger partial charge in [-0.1, -0.05) is 0 Å². The van der Waals surface area contributed by atoms with E-state index in [4.69, 9.17) is 16.3 Å². The predicted molar refractivity (Wildman–Crippen MR) is 62.9 cm³/mol. The number of nitro groups is 1. The van der Waals surface area contributed by atoms with E-state index in [0.717, 1.165) is 12.1 Å². The van der Waals surface area contributed by atoms with Crippen molar-refractivity contribution in [1.29, 1.82) is 0 Å². The number of nitrogens with zero attached hydrogens (tertiary/aromatic N) is 1. The first-order valence-corrected chi connectivity index (χ1v) is 5.70. The van der Waals surface area contributed by atoms with E-state index >= 15 is 0 Å². The molecule has 0 saturated heterocycles. The molecular weight excluding hydrogens is 265 g/mol. The lowest BCUT2D eigenvalue weighted by molar-refractivity contribution is -0.385. The maximum absolute atomic E-state index is 13.2. The number of hydrogen-bond donors (Lipinski definition) is 0. The molecule has 1 aromatic carbocycles. The summed E-state index contributed by atoms with van der Waals surface area (Å²) in [6.45, 7) is 1.82. The molecule has 0 spiro atoms. The molecule has 0 heterocycles. The van der Waals surface area contributed by atoms with Crippen molar-refractivity contribution in [2.45, 2.75) is 19.2 Å². The van der Waals surface area contributed by atoms with Crippen LogP contribution < -0.4 is 0 Å². The molecule has 0 fully saturated rings. The third-order valence-corrected chi connectivity index (χ3v) is 2.52. The summed E-state index contributed by atoms with van der Waals surface area (Å²) in [5.41, 5.74) is -0.115. The van der Waals surface area contributed by atoms with Gasteiger partial charge in [0.25, 0.3) is 5.69 Å². The van der Waals surface area contributed by atoms with E-state index in [1.165, 1.54) is 0 Å². The average molecular weight is 276 g/mol. The highest BCUT2D eigenvalue weighted by molar-refractivity contribution is 6.17. The lowest BCUT2D eigenvalue weighted by Gasteiger charge is -2.08. The Morgan fingerprint density at radius 2 is 2.22 bits per heavy atom. The molecule has 0 atom stereocenters. The number of carbonyl (C=O) groups is 1. The Hall–Kier alpha value is -1.69. The zero-order valence-corrected chi connectivity index (χ0v) is 10.4. The maximum Gasteiger partial charge on any atom is 0.310 e. The highest BCUT2D eigenvalue weighted by Crippen LogP contribution is 2.26. The van der Waals surface area contributed by atoms with Gasteiger partial charge in [0.05, 0.1) is 29.9 Å². The molecular formula is C11H11ClFNO4. The van der Waals surface area contributed by atoms with E-state index in [1.54, 1.807) is 6.92 Å². The molecule has 7 heteroatoms. The van der Waals surface area contributed by atoms with Gasteiger partial charge in [0.15, 0.2) is 0 Å². The molecule has 0 aromatic heterocycles. The first-order chi connectivity index (χ1) is 8.49. The summed E-state index contributed by atoms with van der Waals surface area (Å²) in [4.78, 5) is 21.3. The SMILES string of the molecule is CCOC(=O)Cc1cc(F)cc([N+](=O)[O-])c1CCl. The van der Waals surface area contributed by atoms with E-state index in [2.05, 4.69) is 0 Å². The van der Waals surface area contributed by atoms with Gasteiger partial charge in [-0.15, -0.1) is 11.6 Å². The first-order valence-electron chi connectivity index (χ1n) is 5.16. The minimum absolute atomic E-state index is 0.135. The molecule has 0 aliphatic rings. The van der Waals surface area contributed by atoms with Crippen molar-refractivity contribution in [1.82, 2.24) is 0 Å². The van der Waals surface area contributed by atoms with Crippen molar-refractivity contribution in [2.24, 2.45) is 0 Å². The highest BCUT2D eigenvalue weighted by Gasteiger charge is 2.20. The van der Waals surface area contributed by atoms with Crippen LogP contribution in [0.1, 0.15) is 18.1 Å². The lowest BCUT2D eigenvalue weighted by atomic mass is 10.0. The zero-order valence-electron chi connectivity index (χ0n) is 9.61. The number of esters is 1. The molecule has 0 unspecified atom stereocenters. The molecule has 0 amide bonds. The average Bonchev–Trinajstić information content (AvgIpc) is 2.28. The van der Waals surface area contributed by atoms with Crippen molar-refractivity contribution in [2.75, 3.05) is 6.61 Å². The third-order valence-electron chi connectivity index (χ3n) is 2.25. The van der Waals surface area contributed by atoms with Crippen molar-refractivity contribution < 1.29 is 18.8 Å². The Bertz CT molecular complexity index is 478. The predicted octanol–water partition coefficient (Wildman–Crippen LogP) is 2.58. The van der Waals surface area contributed by atoms with Gasteiger partial charge in [-0.05, 0) is 18.6 Å². The molecule has 0 aliphatic heterocycles. The molecule has 98 valence electrons. The van der Waals surface area contributed by atoms with Crippen LogP contribution >= 0.6 is 11.6 Å². The van der Waals surface area contributed by atoms with Crippen LogP contribution in [-0.4, -0.2) is 17.5 Å². The van der Waals surface area contributed by atoms with Crippen molar-refractivity contribution in [3.63, 3.8) is 0 Å². The van der Waals surface area contributed by atoms with Crippen LogP contribution in [0.2, 0.25) is 0 Å². The summed E-state index contributed by atoms with van der Waals surface area (Å²) in [6, 6.07) is 1.84. The van der Waals surface area contributed by atoms with Crippen LogP contribution in [0.3, 0.4) is 0 Å². The number of benzene rings is 1. The number of carbonyl (C=O) groups excluding carboxylic acids is 1. The minimum atomic E-state index is -0.783. The topological polar surface area (TPSA) is 69.4 Å². The van der Waals surface area contributed by atoms with Gasteiger partial charge in [0.2, 0.25) is 0 Å². The van der Waals surface area contributed by atoms with Gasteiger partial charge < -0.3 is 4.74 Å². The van der Waals surface area contributed by atoms with Crippen molar-refractivity contribution in [3.05, 3.63) is 39.2 Å². The minimum Gasteiger partial charge on any atom is -0.466 e. The zero-order chi connectivity index (χ0) is 13.7. The molecule has 0 bridgehead atoms. The number of ether oxygens (including phenoxy) is 1. The Labute approximate surface area is 108 Å². The fraction of sp³-hybridized carbons (Fsp3) is 0.364. The van der Waals surface area contributed by atoms with Crippen LogP contribution in [0.5, 0.6) is 0 Å². The van der Waals surface area contributed by atoms with Crippen LogP contribution in [0, 0.1) is 15.9 Å². The fourth-order valence-electron chi connectivity index (χ4n) is 1.52. The highest BCUT2D eigenvalue weighted by atomic mass is 35.5. The van der Waals surface area contributed by atoms with Gasteiger partial charge in [-0.3, -0.25) is 14.9 Å². The normalized spacial score (nSPS) is 10.2. The molecule has 0 radical (unpaired) electrons. The monoisotopic (exact) mass is 275 g/mol. The number of nitro benzene ring substituents is 1. The van der Waals surface area contributed by atoms with E-state index in [0.29, 0.717) is 0 Å². The summed E-state index contributed by atoms with van der Waals surface area (Å²) in [7, 11) is 0. The summed E-state index contributed by atoms with van der Waals surface area (Å²) in [5, 5.41) is 10.8. The van der Waals surface area contributed by atoms with Crippen LogP contribution in [0.4, 0.5) is 10.1 Å². The number of alkyl halides is 1. The first kappa shape index (κ1) is 14.4. The van der Waals surface area contributed by atoms with Crippen LogP contribution in [0.15, 0.2) is 12.1 Å². The van der Waals surface area contributed by atoms with Gasteiger partial charge in [-0.2, -0.15) is 0 Å². The van der Waals surface area contributed by atoms with E-state index in [-0.39, 0.29) is 30.0 Å². The largest absolute Gasteiger partial charge is 0.466 e. The summed E-state index contributed by atoms with van der Waals surface area (Å²) in [6.07, 6.45) is -0.242. The van der Waals surface area contributed by atoms with Gasteiger partial charge in [-0.25, -0.2) is 4.39 Å². The van der Waals surface area contributed by atoms with Crippen molar-refractivity contribution >= 4 is 23.3 Å². The van der Waals surface area contributed by atoms with E-state index in [1.807, 2.05) is 0 Å².